The number of nitrogens with two attached hydrogens (primary N) is 1. The molecule has 0 aliphatic rings. The van der Waals surface area contributed by atoms with Crippen LogP contribution in [0.1, 0.15) is 12.7 Å². The van der Waals surface area contributed by atoms with E-state index in [1.807, 2.05) is 0 Å². The maximum absolute atomic E-state index is 13.9. The van der Waals surface area contributed by atoms with E-state index < -0.39 is 39.2 Å². The van der Waals surface area contributed by atoms with Crippen LogP contribution in [0.25, 0.3) is 5.69 Å². The highest BCUT2D eigenvalue weighted by atomic mass is 32.2. The Kier molecular flexibility index (Phi) is 7.08. The predicted molar refractivity (Wildman–Crippen MR) is 94.7 cm³/mol. The molecule has 3 N–H and O–H groups in total. The third-order valence-electron chi connectivity index (χ3n) is 3.06. The van der Waals surface area contributed by atoms with Crippen LogP contribution in [0.3, 0.4) is 0 Å². The first-order valence-electron chi connectivity index (χ1n) is 7.07. The lowest BCUT2D eigenvalue weighted by molar-refractivity contribution is -0.147. The Hall–Kier alpha value is -2.48. The summed E-state index contributed by atoms with van der Waals surface area (Å²) in [6.07, 6.45) is -4.91. The number of anilines is 1. The smallest absolute Gasteiger partial charge is 0.396 e. The molecular formula is C13H15F4N5O3S2. The van der Waals surface area contributed by atoms with Crippen molar-refractivity contribution >= 4 is 33.4 Å². The first kappa shape index (κ1) is 22.6. The third-order valence-corrected chi connectivity index (χ3v) is 4.37. The number of nitrogens with one attached hydrogen (secondary N) is 1. The van der Waals surface area contributed by atoms with E-state index in [1.165, 1.54) is 6.92 Å². The van der Waals surface area contributed by atoms with Gasteiger partial charge in [0.05, 0.1) is 16.9 Å². The normalized spacial score (nSPS) is 11.5. The molecule has 14 heteroatoms. The van der Waals surface area contributed by atoms with Gasteiger partial charge >= 0.3 is 11.9 Å². The number of halogens is 4. The van der Waals surface area contributed by atoms with Gasteiger partial charge in [0.2, 0.25) is 15.8 Å². The second-order valence-electron chi connectivity index (χ2n) is 4.88. The third kappa shape index (κ3) is 5.50. The minimum Gasteiger partial charge on any atom is -0.396 e. The Morgan fingerprint density at radius 3 is 2.37 bits per heavy atom. The molecule has 0 bridgehead atoms. The standard InChI is InChI=1S/C12H12F4N4O3S.CH3NS/c1-3-24(22,23)18-7-4-5-8(13)9(6-7)20-11(21)19(2)10(17-20)12(14,15)16;2-1-3/h4-6,18H,3H2,1-2H3;1H,(H2,2,3). The lowest BCUT2D eigenvalue weighted by Crippen LogP contribution is -2.24. The van der Waals surface area contributed by atoms with Crippen LogP contribution in [0, 0.1) is 5.82 Å². The van der Waals surface area contributed by atoms with Crippen LogP contribution in [-0.2, 0) is 23.2 Å². The molecule has 1 heterocycles. The van der Waals surface area contributed by atoms with E-state index in [2.05, 4.69) is 27.8 Å². The largest absolute Gasteiger partial charge is 0.451 e. The van der Waals surface area contributed by atoms with Gasteiger partial charge in [-0.2, -0.15) is 17.9 Å². The summed E-state index contributed by atoms with van der Waals surface area (Å²) in [6.45, 7) is 1.37. The lowest BCUT2D eigenvalue weighted by Gasteiger charge is -2.08. The maximum atomic E-state index is 13.9. The second-order valence-corrected chi connectivity index (χ2v) is 7.17. The van der Waals surface area contributed by atoms with Crippen molar-refractivity contribution < 1.29 is 26.0 Å². The molecule has 0 aliphatic carbocycles. The van der Waals surface area contributed by atoms with Gasteiger partial charge in [-0.15, -0.1) is 5.10 Å². The summed E-state index contributed by atoms with van der Waals surface area (Å²) in [5.41, 5.74) is 3.67. The lowest BCUT2D eigenvalue weighted by atomic mass is 10.3. The van der Waals surface area contributed by atoms with Gasteiger partial charge in [0.25, 0.3) is 0 Å². The molecule has 0 saturated carbocycles. The van der Waals surface area contributed by atoms with Crippen LogP contribution in [0.5, 0.6) is 0 Å². The molecule has 150 valence electrons. The van der Waals surface area contributed by atoms with E-state index in [1.54, 1.807) is 0 Å². The Bertz CT molecular complexity index is 983. The zero-order chi connectivity index (χ0) is 21.0. The fourth-order valence-corrected chi connectivity index (χ4v) is 2.46. The van der Waals surface area contributed by atoms with E-state index in [4.69, 9.17) is 0 Å². The summed E-state index contributed by atoms with van der Waals surface area (Å²) < 4.78 is 77.9. The number of thiocarbonyl (C=S) groups is 1. The van der Waals surface area contributed by atoms with Crippen molar-refractivity contribution in [2.45, 2.75) is 13.1 Å². The van der Waals surface area contributed by atoms with E-state index in [0.717, 1.165) is 30.7 Å². The number of benzene rings is 1. The summed E-state index contributed by atoms with van der Waals surface area (Å²) in [6, 6.07) is 2.78. The molecule has 0 atom stereocenters. The van der Waals surface area contributed by atoms with E-state index in [-0.39, 0.29) is 20.7 Å². The van der Waals surface area contributed by atoms with Crippen LogP contribution >= 0.6 is 12.2 Å². The van der Waals surface area contributed by atoms with Gasteiger partial charge in [-0.25, -0.2) is 17.6 Å². The van der Waals surface area contributed by atoms with Crippen LogP contribution in [0.2, 0.25) is 0 Å². The first-order chi connectivity index (χ1) is 12.4. The maximum Gasteiger partial charge on any atom is 0.451 e. The average molecular weight is 429 g/mol. The van der Waals surface area contributed by atoms with Gasteiger partial charge in [0.15, 0.2) is 0 Å². The monoisotopic (exact) mass is 429 g/mol. The molecule has 8 nitrogen and oxygen atoms in total. The molecule has 0 aliphatic heterocycles. The van der Waals surface area contributed by atoms with Crippen molar-refractivity contribution in [1.29, 1.82) is 0 Å². The highest BCUT2D eigenvalue weighted by molar-refractivity contribution is 7.92. The zero-order valence-electron chi connectivity index (χ0n) is 14.0. The molecule has 0 saturated heterocycles. The van der Waals surface area contributed by atoms with Crippen LogP contribution < -0.4 is 16.1 Å². The number of nitrogens with zero attached hydrogens (tertiary/aromatic N) is 3. The van der Waals surface area contributed by atoms with E-state index in [9.17, 15) is 30.8 Å². The highest BCUT2D eigenvalue weighted by Crippen LogP contribution is 2.27. The fraction of sp³-hybridized carbons (Fsp3) is 0.308. The molecule has 0 amide bonds. The van der Waals surface area contributed by atoms with Gasteiger partial charge < -0.3 is 5.73 Å². The average Bonchev–Trinajstić information content (AvgIpc) is 2.86. The summed E-state index contributed by atoms with van der Waals surface area (Å²) in [5.74, 6) is -2.81. The molecule has 1 aromatic carbocycles. The van der Waals surface area contributed by atoms with Crippen molar-refractivity contribution in [3.05, 3.63) is 40.3 Å². The molecule has 0 unspecified atom stereocenters. The van der Waals surface area contributed by atoms with E-state index in [0.29, 0.717) is 0 Å². The minimum atomic E-state index is -4.91. The van der Waals surface area contributed by atoms with Crippen LogP contribution in [-0.4, -0.2) is 34.0 Å². The van der Waals surface area contributed by atoms with Gasteiger partial charge in [-0.1, -0.05) is 12.2 Å². The number of hydrogen-bond donors (Lipinski definition) is 2. The molecule has 0 fully saturated rings. The number of aromatic nitrogens is 3. The Morgan fingerprint density at radius 1 is 1.37 bits per heavy atom. The first-order valence-corrected chi connectivity index (χ1v) is 9.19. The number of sulfonamides is 1. The molecule has 2 aromatic rings. The summed E-state index contributed by atoms with van der Waals surface area (Å²) in [5, 5.41) is 3.09. The van der Waals surface area contributed by atoms with Crippen LogP contribution in [0.4, 0.5) is 23.2 Å². The Labute approximate surface area is 156 Å². The predicted octanol–water partition coefficient (Wildman–Crippen LogP) is 1.39. The molecule has 0 radical (unpaired) electrons. The van der Waals surface area contributed by atoms with Crippen molar-refractivity contribution in [3.8, 4) is 5.69 Å². The minimum absolute atomic E-state index is 0.112. The zero-order valence-corrected chi connectivity index (χ0v) is 15.6. The summed E-state index contributed by atoms with van der Waals surface area (Å²) in [7, 11) is -2.84. The fourth-order valence-electron chi connectivity index (χ4n) is 1.83. The van der Waals surface area contributed by atoms with Gasteiger partial charge in [0, 0.05) is 7.05 Å². The number of alkyl halides is 3. The Balaban J connectivity index is 0.00000114. The van der Waals surface area contributed by atoms with Gasteiger partial charge in [-0.3, -0.25) is 9.29 Å². The van der Waals surface area contributed by atoms with E-state index >= 15 is 0 Å². The number of hydrogen-bond acceptors (Lipinski definition) is 5. The second kappa shape index (κ2) is 8.47. The van der Waals surface area contributed by atoms with Gasteiger partial charge in [0.1, 0.15) is 11.5 Å². The Morgan fingerprint density at radius 2 is 1.93 bits per heavy atom. The van der Waals surface area contributed by atoms with Crippen molar-refractivity contribution in [2.75, 3.05) is 10.5 Å². The number of rotatable bonds is 4. The molecule has 0 spiro atoms. The molecule has 27 heavy (non-hydrogen) atoms. The molecule has 2 rings (SSSR count). The topological polar surface area (TPSA) is 112 Å². The van der Waals surface area contributed by atoms with Gasteiger partial charge in [-0.05, 0) is 25.1 Å². The highest BCUT2D eigenvalue weighted by Gasteiger charge is 2.38. The quantitative estimate of drug-likeness (QED) is 0.561. The SMILES string of the molecule is CCS(=O)(=O)Nc1ccc(F)c(-n2nc(C(F)(F)F)n(C)c2=O)c1.NC=S. The molecule has 1 aromatic heterocycles. The summed E-state index contributed by atoms with van der Waals surface area (Å²) in [4.78, 5) is 11.9. The summed E-state index contributed by atoms with van der Waals surface area (Å²) >= 11 is 4.05. The van der Waals surface area contributed by atoms with Crippen molar-refractivity contribution in [1.82, 2.24) is 14.3 Å². The van der Waals surface area contributed by atoms with Crippen molar-refractivity contribution in [3.63, 3.8) is 0 Å². The molecular weight excluding hydrogens is 414 g/mol. The van der Waals surface area contributed by atoms with Crippen molar-refractivity contribution in [2.24, 2.45) is 12.8 Å². The van der Waals surface area contributed by atoms with Crippen LogP contribution in [0.15, 0.2) is 23.0 Å².